The lowest BCUT2D eigenvalue weighted by atomic mass is 10.0. The SMILES string of the molecule is CCCCC/C=C\C/C=C\CCCCCCCC(=O)OCCCCCCCCCCC/C=C\CCCCCCCC(=O)NC(CO)C(O)CCCCCCCCCCC. The number of nitrogens with one attached hydrogen (secondary N) is 1. The third-order valence-corrected chi connectivity index (χ3v) is 11.7. The van der Waals surface area contributed by atoms with E-state index in [1.807, 2.05) is 0 Å². The maximum atomic E-state index is 12.4. The summed E-state index contributed by atoms with van der Waals surface area (Å²) in [5, 5.41) is 23.0. The molecule has 0 radical (unpaired) electrons. The van der Waals surface area contributed by atoms with Gasteiger partial charge in [-0.15, -0.1) is 0 Å². The molecular weight excluding hydrogens is 731 g/mol. The van der Waals surface area contributed by atoms with Gasteiger partial charge in [0.05, 0.1) is 25.4 Å². The predicted molar refractivity (Wildman–Crippen MR) is 255 cm³/mol. The second-order valence-electron chi connectivity index (χ2n) is 17.5. The van der Waals surface area contributed by atoms with Crippen molar-refractivity contribution in [2.24, 2.45) is 0 Å². The number of hydrogen-bond acceptors (Lipinski definition) is 5. The molecule has 0 aliphatic heterocycles. The number of rotatable bonds is 47. The molecule has 346 valence electrons. The molecule has 0 aromatic heterocycles. The maximum absolute atomic E-state index is 12.4. The Labute approximate surface area is 366 Å². The molecule has 6 nitrogen and oxygen atoms in total. The second kappa shape index (κ2) is 48.7. The molecule has 0 fully saturated rings. The normalized spacial score (nSPS) is 12.9. The number of ether oxygens (including phenoxy) is 1. The number of amides is 1. The van der Waals surface area contributed by atoms with E-state index in [-0.39, 0.29) is 18.5 Å². The summed E-state index contributed by atoms with van der Waals surface area (Å²) in [6, 6.07) is -0.550. The van der Waals surface area contributed by atoms with E-state index in [1.165, 1.54) is 161 Å². The summed E-state index contributed by atoms with van der Waals surface area (Å²) in [6.07, 6.45) is 58.3. The Bertz CT molecular complexity index is 962. The van der Waals surface area contributed by atoms with Crippen molar-refractivity contribution < 1.29 is 24.5 Å². The fraction of sp³-hybridized carbons (Fsp3) is 0.849. The summed E-state index contributed by atoms with van der Waals surface area (Å²) in [4.78, 5) is 24.4. The van der Waals surface area contributed by atoms with Crippen molar-refractivity contribution in [3.05, 3.63) is 36.5 Å². The maximum Gasteiger partial charge on any atom is 0.305 e. The van der Waals surface area contributed by atoms with Crippen LogP contribution in [0.15, 0.2) is 36.5 Å². The number of esters is 1. The Morgan fingerprint density at radius 3 is 1.34 bits per heavy atom. The first-order valence-electron chi connectivity index (χ1n) is 25.7. The molecule has 3 N–H and O–H groups in total. The Balaban J connectivity index is 3.44. The minimum Gasteiger partial charge on any atom is -0.466 e. The third-order valence-electron chi connectivity index (χ3n) is 11.7. The summed E-state index contributed by atoms with van der Waals surface area (Å²) in [7, 11) is 0. The molecule has 0 aliphatic rings. The monoisotopic (exact) mass is 830 g/mol. The number of aliphatic hydroxyl groups excluding tert-OH is 2. The first-order valence-corrected chi connectivity index (χ1v) is 25.7. The first-order chi connectivity index (χ1) is 29.0. The van der Waals surface area contributed by atoms with Gasteiger partial charge in [-0.05, 0) is 83.5 Å². The van der Waals surface area contributed by atoms with E-state index in [2.05, 4.69) is 55.6 Å². The molecule has 0 aliphatic carbocycles. The molecule has 59 heavy (non-hydrogen) atoms. The van der Waals surface area contributed by atoms with Gasteiger partial charge in [-0.2, -0.15) is 0 Å². The Hall–Kier alpha value is -1.92. The minimum atomic E-state index is -0.671. The van der Waals surface area contributed by atoms with Crippen LogP contribution in [-0.2, 0) is 14.3 Å². The Morgan fingerprint density at radius 1 is 0.475 bits per heavy atom. The number of carbonyl (C=O) groups is 2. The fourth-order valence-electron chi connectivity index (χ4n) is 7.66. The van der Waals surface area contributed by atoms with E-state index in [0.29, 0.717) is 25.9 Å². The number of carbonyl (C=O) groups excluding carboxylic acids is 2. The van der Waals surface area contributed by atoms with Crippen molar-refractivity contribution in [3.8, 4) is 0 Å². The van der Waals surface area contributed by atoms with Crippen LogP contribution in [0.2, 0.25) is 0 Å². The van der Waals surface area contributed by atoms with Crippen LogP contribution >= 0.6 is 0 Å². The Morgan fingerprint density at radius 2 is 0.847 bits per heavy atom. The van der Waals surface area contributed by atoms with Gasteiger partial charge < -0.3 is 20.3 Å². The summed E-state index contributed by atoms with van der Waals surface area (Å²) in [6.45, 7) is 4.87. The minimum absolute atomic E-state index is 0.0119. The number of hydrogen-bond donors (Lipinski definition) is 3. The topological polar surface area (TPSA) is 95.9 Å². The highest BCUT2D eigenvalue weighted by Gasteiger charge is 2.20. The van der Waals surface area contributed by atoms with Crippen molar-refractivity contribution in [2.45, 2.75) is 276 Å². The quantitative estimate of drug-likeness (QED) is 0.0323. The van der Waals surface area contributed by atoms with Crippen LogP contribution in [0.5, 0.6) is 0 Å². The van der Waals surface area contributed by atoms with Crippen molar-refractivity contribution >= 4 is 11.9 Å². The van der Waals surface area contributed by atoms with Gasteiger partial charge >= 0.3 is 5.97 Å². The van der Waals surface area contributed by atoms with Crippen LogP contribution in [0.3, 0.4) is 0 Å². The molecule has 0 aromatic rings. The van der Waals surface area contributed by atoms with Gasteiger partial charge in [-0.3, -0.25) is 9.59 Å². The molecular formula is C53H99NO5. The molecule has 0 spiro atoms. The molecule has 2 atom stereocenters. The molecule has 6 heteroatoms. The zero-order valence-corrected chi connectivity index (χ0v) is 39.2. The molecule has 0 bridgehead atoms. The molecule has 0 saturated heterocycles. The van der Waals surface area contributed by atoms with Gasteiger partial charge in [0.15, 0.2) is 0 Å². The van der Waals surface area contributed by atoms with Gasteiger partial charge in [0.2, 0.25) is 5.91 Å². The van der Waals surface area contributed by atoms with E-state index >= 15 is 0 Å². The van der Waals surface area contributed by atoms with E-state index in [9.17, 15) is 19.8 Å². The average molecular weight is 830 g/mol. The Kier molecular flexibility index (Phi) is 47.2. The molecule has 0 heterocycles. The summed E-state index contributed by atoms with van der Waals surface area (Å²) >= 11 is 0. The van der Waals surface area contributed by atoms with E-state index < -0.39 is 12.1 Å². The molecule has 1 amide bonds. The third kappa shape index (κ3) is 45.4. The first kappa shape index (κ1) is 57.1. The van der Waals surface area contributed by atoms with Crippen molar-refractivity contribution in [3.63, 3.8) is 0 Å². The highest BCUT2D eigenvalue weighted by atomic mass is 16.5. The lowest BCUT2D eigenvalue weighted by molar-refractivity contribution is -0.143. The molecule has 0 rings (SSSR count). The smallest absolute Gasteiger partial charge is 0.305 e. The molecule has 2 unspecified atom stereocenters. The summed E-state index contributed by atoms with van der Waals surface area (Å²) in [5.41, 5.74) is 0. The zero-order valence-electron chi connectivity index (χ0n) is 39.2. The van der Waals surface area contributed by atoms with Crippen molar-refractivity contribution in [1.82, 2.24) is 5.32 Å². The largest absolute Gasteiger partial charge is 0.466 e. The molecule has 0 saturated carbocycles. The van der Waals surface area contributed by atoms with Gasteiger partial charge in [0.1, 0.15) is 0 Å². The number of unbranched alkanes of at least 4 members (excludes halogenated alkanes) is 30. The zero-order chi connectivity index (χ0) is 43.0. The van der Waals surface area contributed by atoms with Crippen LogP contribution in [0.25, 0.3) is 0 Å². The van der Waals surface area contributed by atoms with E-state index in [0.717, 1.165) is 70.6 Å². The lowest BCUT2D eigenvalue weighted by Gasteiger charge is -2.22. The highest BCUT2D eigenvalue weighted by Crippen LogP contribution is 2.15. The average Bonchev–Trinajstić information content (AvgIpc) is 3.24. The van der Waals surface area contributed by atoms with Crippen LogP contribution in [0.4, 0.5) is 0 Å². The van der Waals surface area contributed by atoms with Crippen molar-refractivity contribution in [2.75, 3.05) is 13.2 Å². The number of allylic oxidation sites excluding steroid dienone is 6. The summed E-state index contributed by atoms with van der Waals surface area (Å²) in [5.74, 6) is -0.0650. The predicted octanol–water partition coefficient (Wildman–Crippen LogP) is 15.3. The van der Waals surface area contributed by atoms with E-state index in [1.54, 1.807) is 0 Å². The number of aliphatic hydroxyl groups is 2. The van der Waals surface area contributed by atoms with Gasteiger partial charge in [0, 0.05) is 12.8 Å². The van der Waals surface area contributed by atoms with Crippen LogP contribution in [-0.4, -0.2) is 47.4 Å². The van der Waals surface area contributed by atoms with Gasteiger partial charge in [-0.1, -0.05) is 204 Å². The highest BCUT2D eigenvalue weighted by molar-refractivity contribution is 5.76. The van der Waals surface area contributed by atoms with E-state index in [4.69, 9.17) is 4.74 Å². The standard InChI is InChI=1S/C53H99NO5/c1-3-5-7-9-11-13-14-15-20-24-27-31-35-39-43-47-53(58)59-48-44-40-36-32-28-25-22-19-17-16-18-21-23-26-30-34-38-42-46-52(57)54-50(49-55)51(56)45-41-37-33-29-12-10-8-6-4-2/h11,13,15,18,20-21,50-51,55-56H,3-10,12,14,16-17,19,22-49H2,1-2H3,(H,54,57)/b13-11-,20-15-,21-18-. The van der Waals surface area contributed by atoms with Gasteiger partial charge in [0.25, 0.3) is 0 Å². The van der Waals surface area contributed by atoms with Crippen LogP contribution in [0, 0.1) is 0 Å². The van der Waals surface area contributed by atoms with Crippen LogP contribution < -0.4 is 5.32 Å². The lowest BCUT2D eigenvalue weighted by Crippen LogP contribution is -2.45. The second-order valence-corrected chi connectivity index (χ2v) is 17.5. The van der Waals surface area contributed by atoms with Gasteiger partial charge in [-0.25, -0.2) is 0 Å². The fourth-order valence-corrected chi connectivity index (χ4v) is 7.66. The van der Waals surface area contributed by atoms with Crippen molar-refractivity contribution in [1.29, 1.82) is 0 Å². The van der Waals surface area contributed by atoms with Crippen LogP contribution in [0.1, 0.15) is 264 Å². The summed E-state index contributed by atoms with van der Waals surface area (Å²) < 4.78 is 5.46. The molecule has 0 aromatic carbocycles.